The lowest BCUT2D eigenvalue weighted by molar-refractivity contribution is -0.133. The van der Waals surface area contributed by atoms with Crippen LogP contribution in [0, 0.1) is 0 Å². The molecule has 1 aromatic heterocycles. The third kappa shape index (κ3) is 2.81. The number of amides is 1. The van der Waals surface area contributed by atoms with Gasteiger partial charge in [-0.25, -0.2) is 0 Å². The Morgan fingerprint density at radius 1 is 1.38 bits per heavy atom. The van der Waals surface area contributed by atoms with Crippen molar-refractivity contribution in [1.29, 1.82) is 0 Å². The van der Waals surface area contributed by atoms with Crippen LogP contribution < -0.4 is 0 Å². The monoisotopic (exact) mass is 286 g/mol. The van der Waals surface area contributed by atoms with Crippen molar-refractivity contribution >= 4 is 16.8 Å². The first kappa shape index (κ1) is 14.1. The molecule has 21 heavy (non-hydrogen) atoms. The molecule has 1 aliphatic heterocycles. The van der Waals surface area contributed by atoms with Crippen molar-refractivity contribution in [3.05, 3.63) is 36.0 Å². The highest BCUT2D eigenvalue weighted by molar-refractivity contribution is 5.89. The second-order valence-corrected chi connectivity index (χ2v) is 5.80. The molecule has 3 rings (SSSR count). The van der Waals surface area contributed by atoms with E-state index in [2.05, 4.69) is 22.9 Å². The van der Waals surface area contributed by atoms with E-state index >= 15 is 0 Å². The molecule has 0 radical (unpaired) electrons. The van der Waals surface area contributed by atoms with Crippen molar-refractivity contribution in [2.75, 3.05) is 20.2 Å². The number of rotatable bonds is 3. The SMILES string of the molecule is CO[C@H]1CCCN(C(=O)Cc2cn(C)c3ccccc23)C1. The summed E-state index contributed by atoms with van der Waals surface area (Å²) in [5.41, 5.74) is 2.28. The number of benzene rings is 1. The van der Waals surface area contributed by atoms with Crippen LogP contribution in [-0.2, 0) is 23.0 Å². The van der Waals surface area contributed by atoms with Crippen LogP contribution in [0.3, 0.4) is 0 Å². The number of aromatic nitrogens is 1. The average Bonchev–Trinajstić information content (AvgIpc) is 2.84. The van der Waals surface area contributed by atoms with Gasteiger partial charge >= 0.3 is 0 Å². The number of hydrogen-bond acceptors (Lipinski definition) is 2. The van der Waals surface area contributed by atoms with Crippen LogP contribution in [0.5, 0.6) is 0 Å². The van der Waals surface area contributed by atoms with E-state index in [9.17, 15) is 4.79 Å². The van der Waals surface area contributed by atoms with Crippen LogP contribution in [0.1, 0.15) is 18.4 Å². The van der Waals surface area contributed by atoms with E-state index in [4.69, 9.17) is 4.74 Å². The first-order valence-corrected chi connectivity index (χ1v) is 7.52. The van der Waals surface area contributed by atoms with Gasteiger partial charge in [-0.1, -0.05) is 18.2 Å². The molecular weight excluding hydrogens is 264 g/mol. The molecule has 4 heteroatoms. The summed E-state index contributed by atoms with van der Waals surface area (Å²) in [6.45, 7) is 1.57. The Morgan fingerprint density at radius 2 is 2.19 bits per heavy atom. The minimum absolute atomic E-state index is 0.190. The van der Waals surface area contributed by atoms with Crippen LogP contribution in [0.25, 0.3) is 10.9 Å². The normalized spacial score (nSPS) is 19.1. The molecule has 4 nitrogen and oxygen atoms in total. The molecule has 2 aromatic rings. The molecule has 1 amide bonds. The minimum atomic E-state index is 0.190. The van der Waals surface area contributed by atoms with Gasteiger partial charge < -0.3 is 14.2 Å². The summed E-state index contributed by atoms with van der Waals surface area (Å²) in [7, 11) is 3.75. The molecule has 1 fully saturated rings. The summed E-state index contributed by atoms with van der Waals surface area (Å²) in [5, 5.41) is 1.17. The van der Waals surface area contributed by atoms with Crippen LogP contribution in [0.2, 0.25) is 0 Å². The second-order valence-electron chi connectivity index (χ2n) is 5.80. The van der Waals surface area contributed by atoms with E-state index in [1.807, 2.05) is 24.1 Å². The zero-order chi connectivity index (χ0) is 14.8. The first-order chi connectivity index (χ1) is 10.2. The standard InChI is InChI=1S/C17H22N2O2/c1-18-11-13(15-7-3-4-8-16(15)18)10-17(20)19-9-5-6-14(12-19)21-2/h3-4,7-8,11,14H,5-6,9-10,12H2,1-2H3/t14-/m0/s1. The van der Waals surface area contributed by atoms with Crippen LogP contribution >= 0.6 is 0 Å². The quantitative estimate of drug-likeness (QED) is 0.868. The van der Waals surface area contributed by atoms with Gasteiger partial charge in [-0.05, 0) is 24.5 Å². The van der Waals surface area contributed by atoms with Gasteiger partial charge in [0.1, 0.15) is 0 Å². The maximum absolute atomic E-state index is 12.5. The molecule has 0 aliphatic carbocycles. The Hall–Kier alpha value is -1.81. The van der Waals surface area contributed by atoms with Gasteiger partial charge in [-0.15, -0.1) is 0 Å². The Balaban J connectivity index is 1.77. The highest BCUT2D eigenvalue weighted by Gasteiger charge is 2.24. The van der Waals surface area contributed by atoms with Crippen molar-refractivity contribution in [2.45, 2.75) is 25.4 Å². The molecule has 0 saturated carbocycles. The van der Waals surface area contributed by atoms with Crippen LogP contribution in [0.15, 0.2) is 30.5 Å². The Kier molecular flexibility index (Phi) is 3.97. The largest absolute Gasteiger partial charge is 0.380 e. The zero-order valence-electron chi connectivity index (χ0n) is 12.7. The number of carbonyl (C=O) groups is 1. The Bertz CT molecular complexity index is 647. The highest BCUT2D eigenvalue weighted by Crippen LogP contribution is 2.22. The number of ether oxygens (including phenoxy) is 1. The summed E-state index contributed by atoms with van der Waals surface area (Å²) < 4.78 is 7.49. The molecule has 0 bridgehead atoms. The molecule has 112 valence electrons. The predicted octanol–water partition coefficient (Wildman–Crippen LogP) is 2.36. The molecular formula is C17H22N2O2. The van der Waals surface area contributed by atoms with Gasteiger partial charge in [0.15, 0.2) is 0 Å². The number of likely N-dealkylation sites (tertiary alicyclic amines) is 1. The highest BCUT2D eigenvalue weighted by atomic mass is 16.5. The van der Waals surface area contributed by atoms with E-state index in [0.717, 1.165) is 31.5 Å². The van der Waals surface area contributed by atoms with Crippen molar-refractivity contribution in [2.24, 2.45) is 7.05 Å². The third-order valence-electron chi connectivity index (χ3n) is 4.39. The first-order valence-electron chi connectivity index (χ1n) is 7.52. The fraction of sp³-hybridized carbons (Fsp3) is 0.471. The number of hydrogen-bond donors (Lipinski definition) is 0. The number of nitrogens with zero attached hydrogens (tertiary/aromatic N) is 2. The van der Waals surface area contributed by atoms with Gasteiger partial charge in [0.25, 0.3) is 0 Å². The van der Waals surface area contributed by atoms with Crippen molar-refractivity contribution in [1.82, 2.24) is 9.47 Å². The Labute approximate surface area is 125 Å². The summed E-state index contributed by atoms with van der Waals surface area (Å²) in [5.74, 6) is 0.202. The number of carbonyl (C=O) groups excluding carboxylic acids is 1. The number of para-hydroxylation sites is 1. The summed E-state index contributed by atoms with van der Waals surface area (Å²) >= 11 is 0. The van der Waals surface area contributed by atoms with Gasteiger partial charge in [0, 0.05) is 44.3 Å². The summed E-state index contributed by atoms with van der Waals surface area (Å²) in [6, 6.07) is 8.23. The molecule has 1 saturated heterocycles. The number of aryl methyl sites for hydroxylation is 1. The number of methoxy groups -OCH3 is 1. The maximum Gasteiger partial charge on any atom is 0.227 e. The van der Waals surface area contributed by atoms with Crippen molar-refractivity contribution < 1.29 is 9.53 Å². The second kappa shape index (κ2) is 5.90. The summed E-state index contributed by atoms with van der Waals surface area (Å²) in [6.07, 6.45) is 4.81. The van der Waals surface area contributed by atoms with Gasteiger partial charge in [-0.3, -0.25) is 4.79 Å². The minimum Gasteiger partial charge on any atom is -0.380 e. The van der Waals surface area contributed by atoms with E-state index in [1.54, 1.807) is 7.11 Å². The predicted molar refractivity (Wildman–Crippen MR) is 83.2 cm³/mol. The van der Waals surface area contributed by atoms with E-state index in [0.29, 0.717) is 6.42 Å². The average molecular weight is 286 g/mol. The lowest BCUT2D eigenvalue weighted by Crippen LogP contribution is -2.43. The molecule has 1 aromatic carbocycles. The van der Waals surface area contributed by atoms with Crippen molar-refractivity contribution in [3.63, 3.8) is 0 Å². The maximum atomic E-state index is 12.5. The fourth-order valence-corrected chi connectivity index (χ4v) is 3.20. The lowest BCUT2D eigenvalue weighted by Gasteiger charge is -2.32. The van der Waals surface area contributed by atoms with E-state index in [1.165, 1.54) is 10.9 Å². The molecule has 0 N–H and O–H groups in total. The van der Waals surface area contributed by atoms with E-state index < -0.39 is 0 Å². The molecule has 2 heterocycles. The van der Waals surface area contributed by atoms with Crippen molar-refractivity contribution in [3.8, 4) is 0 Å². The van der Waals surface area contributed by atoms with E-state index in [-0.39, 0.29) is 12.0 Å². The smallest absolute Gasteiger partial charge is 0.227 e. The Morgan fingerprint density at radius 3 is 3.00 bits per heavy atom. The van der Waals surface area contributed by atoms with Gasteiger partial charge in [0.2, 0.25) is 5.91 Å². The molecule has 1 atom stereocenters. The van der Waals surface area contributed by atoms with Gasteiger partial charge in [-0.2, -0.15) is 0 Å². The van der Waals surface area contributed by atoms with Gasteiger partial charge in [0.05, 0.1) is 12.5 Å². The molecule has 0 spiro atoms. The molecule has 1 aliphatic rings. The fourth-order valence-electron chi connectivity index (χ4n) is 3.20. The third-order valence-corrected chi connectivity index (χ3v) is 4.39. The number of piperidine rings is 1. The van der Waals surface area contributed by atoms with Crippen LogP contribution in [0.4, 0.5) is 0 Å². The zero-order valence-corrected chi connectivity index (χ0v) is 12.7. The topological polar surface area (TPSA) is 34.5 Å². The van der Waals surface area contributed by atoms with Crippen LogP contribution in [-0.4, -0.2) is 41.7 Å². The summed E-state index contributed by atoms with van der Waals surface area (Å²) in [4.78, 5) is 14.5. The number of fused-ring (bicyclic) bond motifs is 1. The lowest BCUT2D eigenvalue weighted by atomic mass is 10.1. The molecule has 0 unspecified atom stereocenters.